The van der Waals surface area contributed by atoms with Crippen molar-refractivity contribution in [2.75, 3.05) is 33.4 Å². The minimum atomic E-state index is 0.597. The minimum absolute atomic E-state index is 0.597. The van der Waals surface area contributed by atoms with Crippen molar-refractivity contribution in [2.45, 2.75) is 26.7 Å². The molecule has 0 aliphatic rings. The Morgan fingerprint density at radius 1 is 1.38 bits per heavy atom. The molecule has 0 atom stereocenters. The maximum Gasteiger partial charge on any atom is 0.190 e. The highest BCUT2D eigenvalue weighted by Crippen LogP contribution is 1.96. The topological polar surface area (TPSA) is 63.5 Å². The number of aryl methyl sites for hydroxylation is 1. The number of hydrogen-bond acceptors (Lipinski definition) is 3. The lowest BCUT2D eigenvalue weighted by Crippen LogP contribution is -2.39. The summed E-state index contributed by atoms with van der Waals surface area (Å²) in [5.74, 6) is 1.43. The highest BCUT2D eigenvalue weighted by molar-refractivity contribution is 5.79. The number of rotatable bonds is 9. The summed E-state index contributed by atoms with van der Waals surface area (Å²) in [6.07, 6.45) is 5.84. The maximum absolute atomic E-state index is 5.54. The molecule has 0 aromatic carbocycles. The largest absolute Gasteiger partial charge is 0.381 e. The van der Waals surface area contributed by atoms with E-state index in [9.17, 15) is 0 Å². The summed E-state index contributed by atoms with van der Waals surface area (Å²) in [5.41, 5.74) is 1.22. The van der Waals surface area contributed by atoms with E-state index in [0.29, 0.717) is 5.92 Å². The number of aromatic nitrogens is 2. The van der Waals surface area contributed by atoms with Crippen molar-refractivity contribution in [1.29, 1.82) is 0 Å². The van der Waals surface area contributed by atoms with Crippen LogP contribution in [0.3, 0.4) is 0 Å². The number of hydrogen-bond donors (Lipinski definition) is 2. The van der Waals surface area contributed by atoms with Crippen molar-refractivity contribution in [1.82, 2.24) is 20.4 Å². The molecule has 0 radical (unpaired) electrons. The van der Waals surface area contributed by atoms with Crippen molar-refractivity contribution >= 4 is 5.96 Å². The average Bonchev–Trinajstić information content (AvgIpc) is 2.86. The van der Waals surface area contributed by atoms with Gasteiger partial charge in [-0.25, -0.2) is 0 Å². The molecule has 0 saturated carbocycles. The van der Waals surface area contributed by atoms with Gasteiger partial charge in [-0.05, 0) is 24.3 Å². The van der Waals surface area contributed by atoms with E-state index >= 15 is 0 Å². The maximum atomic E-state index is 5.54. The normalized spacial score (nSPS) is 12.0. The molecule has 1 aromatic heterocycles. The summed E-state index contributed by atoms with van der Waals surface area (Å²) in [6.45, 7) is 7.65. The third-order valence-corrected chi connectivity index (χ3v) is 2.90. The molecule has 2 N–H and O–H groups in total. The molecule has 6 nitrogen and oxygen atoms in total. The predicted molar refractivity (Wildman–Crippen MR) is 86.6 cm³/mol. The number of nitrogens with zero attached hydrogens (tertiary/aromatic N) is 3. The monoisotopic (exact) mass is 295 g/mol. The first kappa shape index (κ1) is 17.5. The Bertz CT molecular complexity index is 414. The number of nitrogens with one attached hydrogen (secondary N) is 2. The first-order chi connectivity index (χ1) is 10.1. The molecule has 1 heterocycles. The van der Waals surface area contributed by atoms with Gasteiger partial charge < -0.3 is 15.4 Å². The fourth-order valence-electron chi connectivity index (χ4n) is 1.85. The summed E-state index contributed by atoms with van der Waals surface area (Å²) >= 11 is 0. The van der Waals surface area contributed by atoms with Gasteiger partial charge in [0.1, 0.15) is 0 Å². The molecule has 6 heteroatoms. The van der Waals surface area contributed by atoms with Gasteiger partial charge in [-0.2, -0.15) is 5.10 Å². The standard InChI is InChI=1S/C15H29N5O/c1-13(2)12-21-9-5-7-17-15(16-3)18-8-6-14-10-19-20(4)11-14/h10-11,13H,5-9,12H2,1-4H3,(H2,16,17,18). The van der Waals surface area contributed by atoms with Crippen LogP contribution < -0.4 is 10.6 Å². The number of ether oxygens (including phenoxy) is 1. The Morgan fingerprint density at radius 2 is 2.14 bits per heavy atom. The second-order valence-corrected chi connectivity index (χ2v) is 5.52. The smallest absolute Gasteiger partial charge is 0.190 e. The van der Waals surface area contributed by atoms with Crippen LogP contribution >= 0.6 is 0 Å². The van der Waals surface area contributed by atoms with Gasteiger partial charge in [0.2, 0.25) is 0 Å². The first-order valence-electron chi connectivity index (χ1n) is 7.61. The fraction of sp³-hybridized carbons (Fsp3) is 0.733. The lowest BCUT2D eigenvalue weighted by atomic mass is 10.2. The Balaban J connectivity index is 2.06. The molecule has 0 saturated heterocycles. The van der Waals surface area contributed by atoms with Gasteiger partial charge in [0.15, 0.2) is 5.96 Å². The predicted octanol–water partition coefficient (Wildman–Crippen LogP) is 1.19. The molecule has 0 spiro atoms. The molecule has 0 fully saturated rings. The van der Waals surface area contributed by atoms with Gasteiger partial charge in [-0.1, -0.05) is 13.8 Å². The zero-order valence-corrected chi connectivity index (χ0v) is 13.7. The van der Waals surface area contributed by atoms with Crippen LogP contribution in [0.4, 0.5) is 0 Å². The number of aliphatic imine (C=N–C) groups is 1. The lowest BCUT2D eigenvalue weighted by Gasteiger charge is -2.12. The molecule has 0 amide bonds. The lowest BCUT2D eigenvalue weighted by molar-refractivity contribution is 0.108. The van der Waals surface area contributed by atoms with E-state index in [1.54, 1.807) is 7.05 Å². The molecule has 21 heavy (non-hydrogen) atoms. The van der Waals surface area contributed by atoms with Crippen LogP contribution in [-0.4, -0.2) is 49.1 Å². The van der Waals surface area contributed by atoms with E-state index in [1.165, 1.54) is 5.56 Å². The number of guanidine groups is 1. The Hall–Kier alpha value is -1.56. The fourth-order valence-corrected chi connectivity index (χ4v) is 1.85. The third-order valence-electron chi connectivity index (χ3n) is 2.90. The zero-order valence-electron chi connectivity index (χ0n) is 13.7. The summed E-state index contributed by atoms with van der Waals surface area (Å²) < 4.78 is 7.36. The van der Waals surface area contributed by atoms with Crippen molar-refractivity contribution in [3.63, 3.8) is 0 Å². The van der Waals surface area contributed by atoms with E-state index < -0.39 is 0 Å². The Labute approximate surface area is 128 Å². The van der Waals surface area contributed by atoms with E-state index in [-0.39, 0.29) is 0 Å². The van der Waals surface area contributed by atoms with Crippen molar-refractivity contribution in [3.8, 4) is 0 Å². The molecule has 1 rings (SSSR count). The van der Waals surface area contributed by atoms with Crippen LogP contribution in [-0.2, 0) is 18.2 Å². The average molecular weight is 295 g/mol. The molecule has 0 bridgehead atoms. The van der Waals surface area contributed by atoms with E-state index in [2.05, 4.69) is 34.6 Å². The molecule has 120 valence electrons. The SMILES string of the molecule is CN=C(NCCCOCC(C)C)NCCc1cnn(C)c1. The van der Waals surface area contributed by atoms with E-state index in [0.717, 1.165) is 45.1 Å². The van der Waals surface area contributed by atoms with Crippen molar-refractivity contribution < 1.29 is 4.74 Å². The summed E-state index contributed by atoms with van der Waals surface area (Å²) in [7, 11) is 3.72. The van der Waals surface area contributed by atoms with Crippen LogP contribution in [0.25, 0.3) is 0 Å². The zero-order chi connectivity index (χ0) is 15.5. The first-order valence-corrected chi connectivity index (χ1v) is 7.61. The van der Waals surface area contributed by atoms with Gasteiger partial charge in [0, 0.05) is 46.6 Å². The summed E-state index contributed by atoms with van der Waals surface area (Å²) in [4.78, 5) is 4.20. The molecule has 0 aliphatic carbocycles. The van der Waals surface area contributed by atoms with Gasteiger partial charge >= 0.3 is 0 Å². The van der Waals surface area contributed by atoms with Crippen LogP contribution in [0.1, 0.15) is 25.8 Å². The summed E-state index contributed by atoms with van der Waals surface area (Å²) in [6, 6.07) is 0. The molecular weight excluding hydrogens is 266 g/mol. The van der Waals surface area contributed by atoms with E-state index in [1.807, 2.05) is 24.1 Å². The van der Waals surface area contributed by atoms with Crippen molar-refractivity contribution in [2.24, 2.45) is 18.0 Å². The Kier molecular flexibility index (Phi) is 8.50. The van der Waals surface area contributed by atoms with Gasteiger partial charge in [-0.15, -0.1) is 0 Å². The highest BCUT2D eigenvalue weighted by atomic mass is 16.5. The van der Waals surface area contributed by atoms with Gasteiger partial charge in [0.25, 0.3) is 0 Å². The molecule has 1 aromatic rings. The Morgan fingerprint density at radius 3 is 2.76 bits per heavy atom. The second kappa shape index (κ2) is 10.2. The quantitative estimate of drug-likeness (QED) is 0.408. The van der Waals surface area contributed by atoms with Crippen LogP contribution in [0.2, 0.25) is 0 Å². The van der Waals surface area contributed by atoms with Crippen molar-refractivity contribution in [3.05, 3.63) is 18.0 Å². The van der Waals surface area contributed by atoms with Crippen LogP contribution in [0.15, 0.2) is 17.4 Å². The van der Waals surface area contributed by atoms with E-state index in [4.69, 9.17) is 4.74 Å². The minimum Gasteiger partial charge on any atom is -0.381 e. The third kappa shape index (κ3) is 8.34. The molecule has 0 unspecified atom stereocenters. The van der Waals surface area contributed by atoms with Gasteiger partial charge in [-0.3, -0.25) is 9.67 Å². The molecular formula is C15H29N5O. The van der Waals surface area contributed by atoms with Gasteiger partial charge in [0.05, 0.1) is 6.20 Å². The second-order valence-electron chi connectivity index (χ2n) is 5.52. The highest BCUT2D eigenvalue weighted by Gasteiger charge is 1.99. The molecule has 0 aliphatic heterocycles. The summed E-state index contributed by atoms with van der Waals surface area (Å²) in [5, 5.41) is 10.7. The van der Waals surface area contributed by atoms with Crippen LogP contribution in [0, 0.1) is 5.92 Å². The van der Waals surface area contributed by atoms with Crippen LogP contribution in [0.5, 0.6) is 0 Å².